The molecule has 0 saturated heterocycles. The summed E-state index contributed by atoms with van der Waals surface area (Å²) < 4.78 is 24.2. The summed E-state index contributed by atoms with van der Waals surface area (Å²) in [6, 6.07) is 6.66. The summed E-state index contributed by atoms with van der Waals surface area (Å²) >= 11 is 0. The first-order chi connectivity index (χ1) is 8.31. The van der Waals surface area contributed by atoms with Crippen molar-refractivity contribution in [2.24, 2.45) is 0 Å². The molecule has 2 atom stereocenters. The van der Waals surface area contributed by atoms with Crippen LogP contribution in [0.15, 0.2) is 29.2 Å². The summed E-state index contributed by atoms with van der Waals surface area (Å²) in [5.41, 5.74) is 1.04. The van der Waals surface area contributed by atoms with Crippen molar-refractivity contribution in [3.63, 3.8) is 0 Å². The molecule has 5 heteroatoms. The third-order valence-electron chi connectivity index (χ3n) is 2.61. The van der Waals surface area contributed by atoms with Gasteiger partial charge in [0.2, 0.25) is 0 Å². The second-order valence-corrected chi connectivity index (χ2v) is 6.79. The zero-order valence-electron chi connectivity index (χ0n) is 11.1. The van der Waals surface area contributed by atoms with E-state index in [0.29, 0.717) is 11.4 Å². The van der Waals surface area contributed by atoms with Gasteiger partial charge in [-0.15, -0.1) is 0 Å². The van der Waals surface area contributed by atoms with Gasteiger partial charge in [0.05, 0.1) is 16.8 Å². The fourth-order valence-electron chi connectivity index (χ4n) is 1.60. The molecule has 0 fully saturated rings. The molecule has 0 unspecified atom stereocenters. The quantitative estimate of drug-likeness (QED) is 0.814. The van der Waals surface area contributed by atoms with E-state index in [1.165, 1.54) is 0 Å². The van der Waals surface area contributed by atoms with Gasteiger partial charge in [0, 0.05) is 12.6 Å². The third kappa shape index (κ3) is 4.76. The van der Waals surface area contributed by atoms with Gasteiger partial charge >= 0.3 is 0 Å². The number of sulfone groups is 1. The monoisotopic (exact) mass is 271 g/mol. The number of aliphatic hydroxyl groups excluding tert-OH is 1. The van der Waals surface area contributed by atoms with E-state index >= 15 is 0 Å². The van der Waals surface area contributed by atoms with E-state index in [4.69, 9.17) is 5.11 Å². The van der Waals surface area contributed by atoms with Crippen LogP contribution in [0.1, 0.15) is 19.4 Å². The lowest BCUT2D eigenvalue weighted by Gasteiger charge is -2.15. The topological polar surface area (TPSA) is 66.4 Å². The van der Waals surface area contributed by atoms with E-state index in [9.17, 15) is 8.42 Å². The zero-order valence-corrected chi connectivity index (χ0v) is 11.9. The van der Waals surface area contributed by atoms with Crippen molar-refractivity contribution in [1.82, 2.24) is 5.32 Å². The first kappa shape index (κ1) is 15.1. The molecule has 18 heavy (non-hydrogen) atoms. The van der Waals surface area contributed by atoms with Crippen molar-refractivity contribution in [1.29, 1.82) is 0 Å². The fraction of sp³-hybridized carbons (Fsp3) is 0.538. The van der Waals surface area contributed by atoms with Gasteiger partial charge < -0.3 is 10.4 Å². The summed E-state index contributed by atoms with van der Waals surface area (Å²) in [4.78, 5) is 0.346. The number of rotatable bonds is 6. The molecular formula is C13H21NO3S. The molecule has 0 aliphatic heterocycles. The van der Waals surface area contributed by atoms with Crippen molar-refractivity contribution in [3.8, 4) is 0 Å². The number of benzene rings is 1. The molecule has 1 aromatic carbocycles. The average Bonchev–Trinajstić information content (AvgIpc) is 2.26. The summed E-state index contributed by atoms with van der Waals surface area (Å²) in [7, 11) is -3.27. The molecule has 0 aliphatic rings. The molecule has 0 amide bonds. The van der Waals surface area contributed by atoms with Gasteiger partial charge in [-0.05, 0) is 32.9 Å². The largest absolute Gasteiger partial charge is 0.392 e. The Kier molecular flexibility index (Phi) is 5.31. The molecular weight excluding hydrogens is 250 g/mol. The second-order valence-electron chi connectivity index (χ2n) is 4.75. The first-order valence-electron chi connectivity index (χ1n) is 6.02. The van der Waals surface area contributed by atoms with Crippen LogP contribution in [0, 0.1) is 6.92 Å². The van der Waals surface area contributed by atoms with Crippen LogP contribution in [-0.4, -0.2) is 38.0 Å². The Hall–Kier alpha value is -0.910. The average molecular weight is 271 g/mol. The van der Waals surface area contributed by atoms with Gasteiger partial charge in [-0.2, -0.15) is 0 Å². The van der Waals surface area contributed by atoms with E-state index in [-0.39, 0.29) is 11.8 Å². The van der Waals surface area contributed by atoms with Gasteiger partial charge in [0.15, 0.2) is 9.84 Å². The van der Waals surface area contributed by atoms with Gasteiger partial charge in [0.25, 0.3) is 0 Å². The van der Waals surface area contributed by atoms with Crippen molar-refractivity contribution < 1.29 is 13.5 Å². The Labute approximate surface area is 109 Å². The molecule has 0 spiro atoms. The van der Waals surface area contributed by atoms with Gasteiger partial charge in [0.1, 0.15) is 0 Å². The predicted octanol–water partition coefficient (Wildman–Crippen LogP) is 1.13. The molecule has 1 aromatic rings. The number of aliphatic hydroxyl groups is 1. The van der Waals surface area contributed by atoms with E-state index in [1.54, 1.807) is 38.1 Å². The van der Waals surface area contributed by atoms with Crippen LogP contribution in [-0.2, 0) is 9.84 Å². The Morgan fingerprint density at radius 1 is 1.22 bits per heavy atom. The number of hydrogen-bond donors (Lipinski definition) is 2. The fourth-order valence-corrected chi connectivity index (χ4v) is 3.12. The maximum atomic E-state index is 12.1. The van der Waals surface area contributed by atoms with Crippen molar-refractivity contribution in [3.05, 3.63) is 29.8 Å². The molecule has 0 heterocycles. The Balaban J connectivity index is 2.67. The summed E-state index contributed by atoms with van der Waals surface area (Å²) in [6.07, 6.45) is -0.477. The van der Waals surface area contributed by atoms with Crippen LogP contribution < -0.4 is 5.32 Å². The smallest absolute Gasteiger partial charge is 0.179 e. The lowest BCUT2D eigenvalue weighted by molar-refractivity contribution is 0.188. The van der Waals surface area contributed by atoms with E-state index < -0.39 is 15.9 Å². The predicted molar refractivity (Wildman–Crippen MR) is 72.4 cm³/mol. The summed E-state index contributed by atoms with van der Waals surface area (Å²) in [5, 5.41) is 12.1. The van der Waals surface area contributed by atoms with E-state index in [2.05, 4.69) is 5.32 Å². The molecule has 0 aromatic heterocycles. The molecule has 0 aliphatic carbocycles. The van der Waals surface area contributed by atoms with Crippen molar-refractivity contribution in [2.45, 2.75) is 37.8 Å². The number of nitrogens with one attached hydrogen (secondary N) is 1. The zero-order chi connectivity index (χ0) is 13.8. The maximum absolute atomic E-state index is 12.1. The van der Waals surface area contributed by atoms with Crippen LogP contribution in [0.2, 0.25) is 0 Å². The molecule has 4 nitrogen and oxygen atoms in total. The van der Waals surface area contributed by atoms with Crippen LogP contribution >= 0.6 is 0 Å². The summed E-state index contributed by atoms with van der Waals surface area (Å²) in [5.74, 6) is 0.0305. The Bertz CT molecular complexity index is 466. The minimum absolute atomic E-state index is 0.0305. The number of aryl methyl sites for hydroxylation is 1. The molecule has 2 N–H and O–H groups in total. The summed E-state index contributed by atoms with van der Waals surface area (Å²) in [6.45, 7) is 5.77. The molecule has 0 radical (unpaired) electrons. The lowest BCUT2D eigenvalue weighted by atomic mass is 10.2. The highest BCUT2D eigenvalue weighted by atomic mass is 32.2. The maximum Gasteiger partial charge on any atom is 0.179 e. The standard InChI is InChI=1S/C13H21NO3S/c1-10-4-6-13(7-5-10)18(16,17)9-11(2)14-8-12(3)15/h4-7,11-12,14-15H,8-9H2,1-3H3/t11-,12-/m0/s1. The van der Waals surface area contributed by atoms with Crippen molar-refractivity contribution >= 4 is 9.84 Å². The van der Waals surface area contributed by atoms with Gasteiger partial charge in [-0.3, -0.25) is 0 Å². The Morgan fingerprint density at radius 2 is 1.78 bits per heavy atom. The van der Waals surface area contributed by atoms with Crippen molar-refractivity contribution in [2.75, 3.05) is 12.3 Å². The number of hydrogen-bond acceptors (Lipinski definition) is 4. The highest BCUT2D eigenvalue weighted by Crippen LogP contribution is 2.13. The highest BCUT2D eigenvalue weighted by molar-refractivity contribution is 7.91. The lowest BCUT2D eigenvalue weighted by Crippen LogP contribution is -2.37. The Morgan fingerprint density at radius 3 is 2.28 bits per heavy atom. The van der Waals surface area contributed by atoms with Crippen LogP contribution in [0.5, 0.6) is 0 Å². The highest BCUT2D eigenvalue weighted by Gasteiger charge is 2.18. The van der Waals surface area contributed by atoms with Gasteiger partial charge in [-0.1, -0.05) is 17.7 Å². The van der Waals surface area contributed by atoms with Crippen LogP contribution in [0.4, 0.5) is 0 Å². The molecule has 102 valence electrons. The second kappa shape index (κ2) is 6.31. The minimum Gasteiger partial charge on any atom is -0.392 e. The normalized spacial score (nSPS) is 15.3. The van der Waals surface area contributed by atoms with Crippen LogP contribution in [0.3, 0.4) is 0 Å². The third-order valence-corrected chi connectivity index (χ3v) is 4.54. The minimum atomic E-state index is -3.27. The first-order valence-corrected chi connectivity index (χ1v) is 7.67. The SMILES string of the molecule is Cc1ccc(S(=O)(=O)C[C@H](C)NC[C@H](C)O)cc1. The molecule has 1 rings (SSSR count). The van der Waals surface area contributed by atoms with Crippen LogP contribution in [0.25, 0.3) is 0 Å². The van der Waals surface area contributed by atoms with E-state index in [0.717, 1.165) is 5.56 Å². The van der Waals surface area contributed by atoms with E-state index in [1.807, 2.05) is 6.92 Å². The molecule has 0 bridgehead atoms. The van der Waals surface area contributed by atoms with Gasteiger partial charge in [-0.25, -0.2) is 8.42 Å². The molecule has 0 saturated carbocycles.